The van der Waals surface area contributed by atoms with Crippen LogP contribution in [0.1, 0.15) is 18.5 Å². The van der Waals surface area contributed by atoms with E-state index < -0.39 is 11.9 Å². The molecule has 5 heteroatoms. The third-order valence-corrected chi connectivity index (χ3v) is 2.34. The molecule has 1 amide bonds. The lowest BCUT2D eigenvalue weighted by Crippen LogP contribution is -2.25. The number of carbonyl (C=O) groups excluding carboxylic acids is 1. The molecule has 1 aromatic carbocycles. The van der Waals surface area contributed by atoms with Crippen molar-refractivity contribution in [2.75, 3.05) is 7.11 Å². The molecule has 0 heterocycles. The molecule has 2 N–H and O–H groups in total. The molecule has 96 valence electrons. The summed E-state index contributed by atoms with van der Waals surface area (Å²) in [6.07, 6.45) is 1.78. The van der Waals surface area contributed by atoms with Crippen molar-refractivity contribution in [3.8, 4) is 5.75 Å². The second kappa shape index (κ2) is 6.44. The van der Waals surface area contributed by atoms with Crippen molar-refractivity contribution in [3.63, 3.8) is 0 Å². The molecular formula is C13H15NO4. The molecule has 1 aromatic rings. The molecule has 0 saturated heterocycles. The predicted octanol–water partition coefficient (Wildman–Crippen LogP) is 1.51. The van der Waals surface area contributed by atoms with Gasteiger partial charge < -0.3 is 15.2 Å². The zero-order chi connectivity index (χ0) is 13.5. The van der Waals surface area contributed by atoms with E-state index in [1.165, 1.54) is 0 Å². The van der Waals surface area contributed by atoms with E-state index in [1.54, 1.807) is 20.1 Å². The molecule has 0 saturated carbocycles. The molecule has 0 aliphatic rings. The highest BCUT2D eigenvalue weighted by Gasteiger charge is 2.12. The molecule has 0 aromatic heterocycles. The van der Waals surface area contributed by atoms with Crippen LogP contribution in [0.25, 0.3) is 0 Å². The first-order chi connectivity index (χ1) is 8.54. The van der Waals surface area contributed by atoms with E-state index in [0.29, 0.717) is 5.75 Å². The molecule has 0 aliphatic carbocycles. The molecule has 1 rings (SSSR count). The number of methoxy groups -OCH3 is 1. The Hall–Kier alpha value is -2.30. The zero-order valence-electron chi connectivity index (χ0n) is 10.2. The number of rotatable bonds is 5. The van der Waals surface area contributed by atoms with Crippen LogP contribution >= 0.6 is 0 Å². The van der Waals surface area contributed by atoms with E-state index in [1.807, 2.05) is 18.2 Å². The number of hydrogen-bond acceptors (Lipinski definition) is 3. The maximum Gasteiger partial charge on any atom is 0.328 e. The van der Waals surface area contributed by atoms with E-state index >= 15 is 0 Å². The highest BCUT2D eigenvalue weighted by Crippen LogP contribution is 2.24. The second-order valence-corrected chi connectivity index (χ2v) is 3.64. The Bertz CT molecular complexity index is 468. The molecule has 18 heavy (non-hydrogen) atoms. The van der Waals surface area contributed by atoms with Crippen molar-refractivity contribution in [1.29, 1.82) is 0 Å². The summed E-state index contributed by atoms with van der Waals surface area (Å²) in [5.74, 6) is -0.946. The fraction of sp³-hybridized carbons (Fsp3) is 0.231. The van der Waals surface area contributed by atoms with Gasteiger partial charge in [0.05, 0.1) is 13.2 Å². The van der Waals surface area contributed by atoms with Crippen molar-refractivity contribution in [2.45, 2.75) is 13.0 Å². The minimum absolute atomic E-state index is 0.271. The average molecular weight is 249 g/mol. The number of para-hydroxylation sites is 1. The third kappa shape index (κ3) is 3.93. The summed E-state index contributed by atoms with van der Waals surface area (Å²) in [6.45, 7) is 1.80. The third-order valence-electron chi connectivity index (χ3n) is 2.34. The fourth-order valence-corrected chi connectivity index (χ4v) is 1.51. The van der Waals surface area contributed by atoms with Crippen LogP contribution in [0, 0.1) is 0 Å². The van der Waals surface area contributed by atoms with Crippen molar-refractivity contribution >= 4 is 11.9 Å². The SMILES string of the molecule is COc1ccccc1[C@@H](C)NC(=O)/C=C/C(=O)O. The van der Waals surface area contributed by atoms with Gasteiger partial charge in [0.2, 0.25) is 5.91 Å². The normalized spacial score (nSPS) is 12.1. The summed E-state index contributed by atoms with van der Waals surface area (Å²) in [5, 5.41) is 11.1. The lowest BCUT2D eigenvalue weighted by Gasteiger charge is -2.16. The number of benzene rings is 1. The number of carbonyl (C=O) groups is 2. The number of amides is 1. The number of carboxylic acid groups (broad SMARTS) is 1. The van der Waals surface area contributed by atoms with Crippen LogP contribution in [-0.2, 0) is 9.59 Å². The first kappa shape index (κ1) is 13.8. The van der Waals surface area contributed by atoms with Crippen molar-refractivity contribution in [1.82, 2.24) is 5.32 Å². The molecule has 0 unspecified atom stereocenters. The Balaban J connectivity index is 2.73. The molecular weight excluding hydrogens is 234 g/mol. The summed E-state index contributed by atoms with van der Waals surface area (Å²) in [7, 11) is 1.55. The van der Waals surface area contributed by atoms with Gasteiger partial charge in [0.1, 0.15) is 5.75 Å². The van der Waals surface area contributed by atoms with Crippen molar-refractivity contribution in [2.24, 2.45) is 0 Å². The molecule has 5 nitrogen and oxygen atoms in total. The summed E-state index contributed by atoms with van der Waals surface area (Å²) in [4.78, 5) is 21.7. The topological polar surface area (TPSA) is 75.6 Å². The van der Waals surface area contributed by atoms with E-state index in [9.17, 15) is 9.59 Å². The van der Waals surface area contributed by atoms with Crippen LogP contribution in [0.15, 0.2) is 36.4 Å². The Labute approximate surface area is 105 Å². The van der Waals surface area contributed by atoms with E-state index in [2.05, 4.69) is 5.32 Å². The van der Waals surface area contributed by atoms with Gasteiger partial charge in [-0.2, -0.15) is 0 Å². The first-order valence-corrected chi connectivity index (χ1v) is 5.39. The number of carboxylic acids is 1. The number of nitrogens with one attached hydrogen (secondary N) is 1. The van der Waals surface area contributed by atoms with Gasteiger partial charge in [0.15, 0.2) is 0 Å². The van der Waals surface area contributed by atoms with Crippen LogP contribution in [0.5, 0.6) is 5.75 Å². The van der Waals surface area contributed by atoms with Crippen molar-refractivity contribution in [3.05, 3.63) is 42.0 Å². The van der Waals surface area contributed by atoms with E-state index in [4.69, 9.17) is 9.84 Å². The summed E-state index contributed by atoms with van der Waals surface area (Å²) in [6, 6.07) is 7.04. The maximum atomic E-state index is 11.4. The monoisotopic (exact) mass is 249 g/mol. The highest BCUT2D eigenvalue weighted by atomic mass is 16.5. The smallest absolute Gasteiger partial charge is 0.328 e. The minimum Gasteiger partial charge on any atom is -0.496 e. The summed E-state index contributed by atoms with van der Waals surface area (Å²) >= 11 is 0. The largest absolute Gasteiger partial charge is 0.496 e. The van der Waals surface area contributed by atoms with Gasteiger partial charge in [-0.25, -0.2) is 4.79 Å². The minimum atomic E-state index is -1.16. The first-order valence-electron chi connectivity index (χ1n) is 5.39. The lowest BCUT2D eigenvalue weighted by atomic mass is 10.1. The maximum absolute atomic E-state index is 11.4. The van der Waals surface area contributed by atoms with Gasteiger partial charge in [-0.3, -0.25) is 4.79 Å². The Morgan fingerprint density at radius 2 is 2.00 bits per heavy atom. The fourth-order valence-electron chi connectivity index (χ4n) is 1.51. The van der Waals surface area contributed by atoms with Crippen LogP contribution < -0.4 is 10.1 Å². The quantitative estimate of drug-likeness (QED) is 0.776. The molecule has 0 radical (unpaired) electrons. The second-order valence-electron chi connectivity index (χ2n) is 3.64. The predicted molar refractivity (Wildman–Crippen MR) is 66.3 cm³/mol. The van der Waals surface area contributed by atoms with Gasteiger partial charge >= 0.3 is 5.97 Å². The molecule has 0 fully saturated rings. The highest BCUT2D eigenvalue weighted by molar-refractivity contribution is 5.94. The van der Waals surface area contributed by atoms with Crippen LogP contribution in [-0.4, -0.2) is 24.1 Å². The summed E-state index contributed by atoms with van der Waals surface area (Å²) < 4.78 is 5.18. The Morgan fingerprint density at radius 3 is 2.61 bits per heavy atom. The standard InChI is InChI=1S/C13H15NO4/c1-9(14-12(15)7-8-13(16)17)10-5-3-4-6-11(10)18-2/h3-9H,1-2H3,(H,14,15)(H,16,17)/b8-7+/t9-/m1/s1. The number of ether oxygens (including phenoxy) is 1. The van der Waals surface area contributed by atoms with Gasteiger partial charge in [-0.1, -0.05) is 18.2 Å². The van der Waals surface area contributed by atoms with Crippen molar-refractivity contribution < 1.29 is 19.4 Å². The molecule has 0 aliphatic heterocycles. The Morgan fingerprint density at radius 1 is 1.33 bits per heavy atom. The zero-order valence-corrected chi connectivity index (χ0v) is 10.2. The van der Waals surface area contributed by atoms with Gasteiger partial charge in [0, 0.05) is 17.7 Å². The average Bonchev–Trinajstić information content (AvgIpc) is 2.36. The van der Waals surface area contributed by atoms with Crippen LogP contribution in [0.2, 0.25) is 0 Å². The van der Waals surface area contributed by atoms with Gasteiger partial charge in [0.25, 0.3) is 0 Å². The molecule has 1 atom stereocenters. The van der Waals surface area contributed by atoms with Gasteiger partial charge in [-0.15, -0.1) is 0 Å². The Kier molecular flexibility index (Phi) is 4.92. The van der Waals surface area contributed by atoms with Crippen LogP contribution in [0.4, 0.5) is 0 Å². The molecule has 0 spiro atoms. The number of aliphatic carboxylic acids is 1. The number of hydrogen-bond donors (Lipinski definition) is 2. The molecule has 0 bridgehead atoms. The summed E-state index contributed by atoms with van der Waals surface area (Å²) in [5.41, 5.74) is 0.831. The van der Waals surface area contributed by atoms with E-state index in [0.717, 1.165) is 17.7 Å². The van der Waals surface area contributed by atoms with E-state index in [-0.39, 0.29) is 6.04 Å². The van der Waals surface area contributed by atoms with Gasteiger partial charge in [-0.05, 0) is 13.0 Å². The van der Waals surface area contributed by atoms with Crippen LogP contribution in [0.3, 0.4) is 0 Å². The lowest BCUT2D eigenvalue weighted by molar-refractivity contribution is -0.131.